The molecule has 1 aromatic heterocycles. The van der Waals surface area contributed by atoms with Crippen LogP contribution < -0.4 is 16.4 Å². The number of anilines is 1. The molecule has 0 aliphatic heterocycles. The fourth-order valence-corrected chi connectivity index (χ4v) is 1.71. The number of fused-ring (bicyclic) bond motifs is 1. The number of oxazole rings is 1. The molecule has 0 aliphatic rings. The number of nitrogens with one attached hydrogen (secondary N) is 2. The number of hydrogen-bond donors (Lipinski definition) is 2. The molecule has 0 spiro atoms. The zero-order valence-corrected chi connectivity index (χ0v) is 11.4. The van der Waals surface area contributed by atoms with Crippen molar-refractivity contribution >= 4 is 22.8 Å². The van der Waals surface area contributed by atoms with E-state index in [4.69, 9.17) is 4.42 Å². The molecule has 0 aliphatic carbocycles. The molecule has 2 N–H and O–H groups in total. The zero-order chi connectivity index (χ0) is 14.2. The minimum Gasteiger partial charge on any atom is -0.408 e. The number of benzene rings is 1. The SMILES string of the molecule is Cn1c(=O)oc2ccc(NC(=O)NC(C)(C)C)cc21. The Morgan fingerprint density at radius 2 is 2.00 bits per heavy atom. The standard InChI is InChI=1S/C13H17N3O3/c1-13(2,3)15-11(17)14-8-5-6-10-9(7-8)16(4)12(18)19-10/h5-7H,1-4H3,(H2,14,15,17). The summed E-state index contributed by atoms with van der Waals surface area (Å²) in [5, 5.41) is 5.51. The molecule has 1 aromatic carbocycles. The number of carbonyl (C=O) groups is 1. The van der Waals surface area contributed by atoms with E-state index >= 15 is 0 Å². The first kappa shape index (κ1) is 13.2. The van der Waals surface area contributed by atoms with Gasteiger partial charge >= 0.3 is 11.8 Å². The van der Waals surface area contributed by atoms with Crippen molar-refractivity contribution < 1.29 is 9.21 Å². The van der Waals surface area contributed by atoms with Gasteiger partial charge in [-0.15, -0.1) is 0 Å². The van der Waals surface area contributed by atoms with Crippen LogP contribution in [-0.4, -0.2) is 16.1 Å². The highest BCUT2D eigenvalue weighted by Crippen LogP contribution is 2.17. The average Bonchev–Trinajstić information content (AvgIpc) is 2.53. The van der Waals surface area contributed by atoms with E-state index in [9.17, 15) is 9.59 Å². The number of hydrogen-bond acceptors (Lipinski definition) is 3. The van der Waals surface area contributed by atoms with E-state index in [1.807, 2.05) is 20.8 Å². The van der Waals surface area contributed by atoms with Crippen LogP contribution in [0.5, 0.6) is 0 Å². The molecule has 0 bridgehead atoms. The van der Waals surface area contributed by atoms with E-state index in [0.29, 0.717) is 16.8 Å². The first-order valence-corrected chi connectivity index (χ1v) is 5.95. The summed E-state index contributed by atoms with van der Waals surface area (Å²) >= 11 is 0. The molecule has 1 heterocycles. The van der Waals surface area contributed by atoms with Gasteiger partial charge in [-0.1, -0.05) is 0 Å². The summed E-state index contributed by atoms with van der Waals surface area (Å²) in [6, 6.07) is 4.75. The number of urea groups is 1. The summed E-state index contributed by atoms with van der Waals surface area (Å²) in [5.74, 6) is -0.425. The van der Waals surface area contributed by atoms with Crippen LogP contribution in [0.1, 0.15) is 20.8 Å². The first-order valence-electron chi connectivity index (χ1n) is 5.95. The van der Waals surface area contributed by atoms with Crippen LogP contribution in [0.2, 0.25) is 0 Å². The summed E-state index contributed by atoms with van der Waals surface area (Å²) in [6.07, 6.45) is 0. The third-order valence-electron chi connectivity index (χ3n) is 2.54. The van der Waals surface area contributed by atoms with Crippen molar-refractivity contribution in [3.8, 4) is 0 Å². The van der Waals surface area contributed by atoms with Gasteiger partial charge in [0.1, 0.15) is 0 Å². The van der Waals surface area contributed by atoms with E-state index in [2.05, 4.69) is 10.6 Å². The van der Waals surface area contributed by atoms with Crippen molar-refractivity contribution in [2.75, 3.05) is 5.32 Å². The number of carbonyl (C=O) groups excluding carboxylic acids is 1. The van der Waals surface area contributed by atoms with E-state index in [1.165, 1.54) is 4.57 Å². The maximum Gasteiger partial charge on any atom is 0.419 e. The van der Waals surface area contributed by atoms with Crippen LogP contribution >= 0.6 is 0 Å². The molecule has 0 fully saturated rings. The molecule has 0 saturated heterocycles. The van der Waals surface area contributed by atoms with Crippen molar-refractivity contribution in [1.29, 1.82) is 0 Å². The van der Waals surface area contributed by atoms with Crippen molar-refractivity contribution in [3.05, 3.63) is 28.7 Å². The fourth-order valence-electron chi connectivity index (χ4n) is 1.71. The molecule has 2 amide bonds. The Balaban J connectivity index is 2.24. The first-order chi connectivity index (χ1) is 8.76. The molecular weight excluding hydrogens is 246 g/mol. The molecular formula is C13H17N3O3. The smallest absolute Gasteiger partial charge is 0.408 e. The molecule has 0 atom stereocenters. The topological polar surface area (TPSA) is 76.3 Å². The molecule has 6 heteroatoms. The van der Waals surface area contributed by atoms with Gasteiger partial charge in [-0.2, -0.15) is 0 Å². The maximum atomic E-state index is 11.7. The maximum absolute atomic E-state index is 11.7. The number of rotatable bonds is 1. The quantitative estimate of drug-likeness (QED) is 0.826. The Kier molecular flexibility index (Phi) is 3.09. The lowest BCUT2D eigenvalue weighted by molar-refractivity contribution is 0.244. The van der Waals surface area contributed by atoms with Gasteiger partial charge < -0.3 is 15.1 Å². The van der Waals surface area contributed by atoms with Crippen LogP contribution in [0.3, 0.4) is 0 Å². The Bertz CT molecular complexity index is 676. The van der Waals surface area contributed by atoms with Crippen LogP contribution in [0.25, 0.3) is 11.1 Å². The fraction of sp³-hybridized carbons (Fsp3) is 0.385. The minimum absolute atomic E-state index is 0.291. The third-order valence-corrected chi connectivity index (χ3v) is 2.54. The summed E-state index contributed by atoms with van der Waals surface area (Å²) in [5.41, 5.74) is 1.43. The second kappa shape index (κ2) is 4.46. The van der Waals surface area contributed by atoms with E-state index in [0.717, 1.165) is 0 Å². The van der Waals surface area contributed by atoms with Gasteiger partial charge in [0.15, 0.2) is 5.58 Å². The Morgan fingerprint density at radius 3 is 2.63 bits per heavy atom. The average molecular weight is 263 g/mol. The summed E-state index contributed by atoms with van der Waals surface area (Å²) in [7, 11) is 1.62. The van der Waals surface area contributed by atoms with Gasteiger partial charge in [-0.25, -0.2) is 9.59 Å². The number of nitrogens with zero attached hydrogens (tertiary/aromatic N) is 1. The highest BCUT2D eigenvalue weighted by molar-refractivity contribution is 5.92. The van der Waals surface area contributed by atoms with Gasteiger partial charge in [0, 0.05) is 18.3 Å². The molecule has 2 aromatic rings. The molecule has 0 saturated carbocycles. The van der Waals surface area contributed by atoms with E-state index in [-0.39, 0.29) is 11.6 Å². The van der Waals surface area contributed by atoms with Crippen LogP contribution in [0, 0.1) is 0 Å². The van der Waals surface area contributed by atoms with Crippen LogP contribution in [0.4, 0.5) is 10.5 Å². The van der Waals surface area contributed by atoms with Gasteiger partial charge in [0.2, 0.25) is 0 Å². The molecule has 0 unspecified atom stereocenters. The second-order valence-corrected chi connectivity index (χ2v) is 5.44. The van der Waals surface area contributed by atoms with Crippen LogP contribution in [-0.2, 0) is 7.05 Å². The normalized spacial score (nSPS) is 11.6. The minimum atomic E-state index is -0.425. The molecule has 19 heavy (non-hydrogen) atoms. The van der Waals surface area contributed by atoms with E-state index in [1.54, 1.807) is 25.2 Å². The highest BCUT2D eigenvalue weighted by Gasteiger charge is 2.14. The number of amides is 2. The lowest BCUT2D eigenvalue weighted by Gasteiger charge is -2.20. The second-order valence-electron chi connectivity index (χ2n) is 5.44. The lowest BCUT2D eigenvalue weighted by Crippen LogP contribution is -2.43. The Hall–Kier alpha value is -2.24. The number of aromatic nitrogens is 1. The van der Waals surface area contributed by atoms with Gasteiger partial charge in [-0.05, 0) is 39.0 Å². The third kappa shape index (κ3) is 2.96. The molecule has 6 nitrogen and oxygen atoms in total. The van der Waals surface area contributed by atoms with E-state index < -0.39 is 5.76 Å². The zero-order valence-electron chi connectivity index (χ0n) is 11.4. The van der Waals surface area contributed by atoms with Gasteiger partial charge in [0.25, 0.3) is 0 Å². The summed E-state index contributed by atoms with van der Waals surface area (Å²) < 4.78 is 6.41. The van der Waals surface area contributed by atoms with Crippen molar-refractivity contribution in [1.82, 2.24) is 9.88 Å². The van der Waals surface area contributed by atoms with Crippen LogP contribution in [0.15, 0.2) is 27.4 Å². The van der Waals surface area contributed by atoms with Gasteiger partial charge in [-0.3, -0.25) is 4.57 Å². The van der Waals surface area contributed by atoms with Gasteiger partial charge in [0.05, 0.1) is 5.52 Å². The number of aryl methyl sites for hydroxylation is 1. The lowest BCUT2D eigenvalue weighted by atomic mass is 10.1. The largest absolute Gasteiger partial charge is 0.419 e. The highest BCUT2D eigenvalue weighted by atomic mass is 16.4. The van der Waals surface area contributed by atoms with Crippen molar-refractivity contribution in [3.63, 3.8) is 0 Å². The Morgan fingerprint density at radius 1 is 1.32 bits per heavy atom. The van der Waals surface area contributed by atoms with Crippen molar-refractivity contribution in [2.45, 2.75) is 26.3 Å². The monoisotopic (exact) mass is 263 g/mol. The Labute approximate surface area is 110 Å². The predicted molar refractivity (Wildman–Crippen MR) is 73.4 cm³/mol. The summed E-state index contributed by atoms with van der Waals surface area (Å²) in [6.45, 7) is 5.70. The predicted octanol–water partition coefficient (Wildman–Crippen LogP) is 2.05. The molecule has 102 valence electrons. The molecule has 0 radical (unpaired) electrons. The molecule has 2 rings (SSSR count). The van der Waals surface area contributed by atoms with Crippen molar-refractivity contribution in [2.24, 2.45) is 7.05 Å². The summed E-state index contributed by atoms with van der Waals surface area (Å²) in [4.78, 5) is 23.1.